The second-order valence-electron chi connectivity index (χ2n) is 12.0. The maximum absolute atomic E-state index is 6.70. The van der Waals surface area contributed by atoms with Gasteiger partial charge < -0.3 is 14.6 Å². The largest absolute Gasteiger partial charge is 0.452 e. The van der Waals surface area contributed by atoms with Gasteiger partial charge in [-0.2, -0.15) is 0 Å². The summed E-state index contributed by atoms with van der Waals surface area (Å²) in [5.74, 6) is 1.79. The normalized spacial score (nSPS) is 18.6. The van der Waals surface area contributed by atoms with Crippen LogP contribution in [0, 0.1) is 5.41 Å². The standard InChI is InChI=1S/C33H32N2O/c1-31(2)22-18-21-25(19-23(22)32(3,4)33(31,5)6)34-24-16-17-27-30(29(21)24)36-28-15-11-10-14-26(28)35(27)20-12-8-7-9-13-20/h7-19,34H,1-6H3. The van der Waals surface area contributed by atoms with Crippen LogP contribution in [0.2, 0.25) is 0 Å². The number of hydrogen-bond donors (Lipinski definition) is 1. The highest BCUT2D eigenvalue weighted by atomic mass is 16.5. The summed E-state index contributed by atoms with van der Waals surface area (Å²) in [6.45, 7) is 14.4. The van der Waals surface area contributed by atoms with Crippen molar-refractivity contribution in [3.8, 4) is 11.5 Å². The third-order valence-corrected chi connectivity index (χ3v) is 9.88. The highest BCUT2D eigenvalue weighted by molar-refractivity contribution is 6.14. The number of anilines is 3. The van der Waals surface area contributed by atoms with Crippen LogP contribution in [0.25, 0.3) is 21.8 Å². The molecule has 36 heavy (non-hydrogen) atoms. The molecular weight excluding hydrogens is 440 g/mol. The van der Waals surface area contributed by atoms with Crippen molar-refractivity contribution in [1.29, 1.82) is 0 Å². The molecule has 0 saturated carbocycles. The van der Waals surface area contributed by atoms with Crippen LogP contribution in [0.1, 0.15) is 52.7 Å². The lowest BCUT2D eigenvalue weighted by Gasteiger charge is -2.44. The molecule has 0 bridgehead atoms. The van der Waals surface area contributed by atoms with E-state index in [2.05, 4.69) is 124 Å². The molecular formula is C33H32N2O. The number of fused-ring (bicyclic) bond motifs is 7. The number of nitrogens with one attached hydrogen (secondary N) is 1. The van der Waals surface area contributed by atoms with E-state index in [9.17, 15) is 0 Å². The number of rotatable bonds is 1. The summed E-state index contributed by atoms with van der Waals surface area (Å²) in [7, 11) is 0. The molecule has 0 amide bonds. The van der Waals surface area contributed by atoms with Crippen LogP contribution in [0.3, 0.4) is 0 Å². The predicted octanol–water partition coefficient (Wildman–Crippen LogP) is 9.49. The first kappa shape index (κ1) is 21.6. The van der Waals surface area contributed by atoms with E-state index in [1.807, 2.05) is 6.07 Å². The number of hydrogen-bond acceptors (Lipinski definition) is 2. The number of nitrogens with zero attached hydrogens (tertiary/aromatic N) is 1. The van der Waals surface area contributed by atoms with Crippen molar-refractivity contribution in [3.63, 3.8) is 0 Å². The fourth-order valence-electron chi connectivity index (χ4n) is 6.59. The molecule has 1 N–H and O–H groups in total. The molecule has 5 aromatic rings. The van der Waals surface area contributed by atoms with Crippen molar-refractivity contribution in [2.24, 2.45) is 5.41 Å². The average molecular weight is 473 g/mol. The molecule has 1 aliphatic heterocycles. The minimum absolute atomic E-state index is 0.0436. The Labute approximate surface area is 212 Å². The molecule has 3 nitrogen and oxygen atoms in total. The highest BCUT2D eigenvalue weighted by Gasteiger charge is 2.56. The van der Waals surface area contributed by atoms with Crippen molar-refractivity contribution in [1.82, 2.24) is 4.98 Å². The van der Waals surface area contributed by atoms with E-state index in [1.165, 1.54) is 22.0 Å². The van der Waals surface area contributed by atoms with Crippen molar-refractivity contribution in [3.05, 3.63) is 90.0 Å². The Balaban J connectivity index is 1.55. The zero-order valence-corrected chi connectivity index (χ0v) is 21.9. The number of H-pyrrole nitrogens is 1. The SMILES string of the molecule is CC1(C)c2cc3[nH]c4ccc5c(c4c3cc2C(C)(C)C1(C)C)Oc1ccccc1N5c1ccccc1. The second-order valence-corrected chi connectivity index (χ2v) is 12.0. The minimum atomic E-state index is 0.0436. The maximum Gasteiger partial charge on any atom is 0.161 e. The van der Waals surface area contributed by atoms with Gasteiger partial charge in [-0.1, -0.05) is 71.9 Å². The number of aromatic amines is 1. The van der Waals surface area contributed by atoms with Crippen LogP contribution in [-0.4, -0.2) is 4.98 Å². The van der Waals surface area contributed by atoms with Gasteiger partial charge >= 0.3 is 0 Å². The van der Waals surface area contributed by atoms with Crippen LogP contribution < -0.4 is 9.64 Å². The van der Waals surface area contributed by atoms with Gasteiger partial charge in [-0.3, -0.25) is 0 Å². The van der Waals surface area contributed by atoms with Gasteiger partial charge in [0.25, 0.3) is 0 Å². The molecule has 0 atom stereocenters. The summed E-state index contributed by atoms with van der Waals surface area (Å²) in [5, 5.41) is 2.38. The topological polar surface area (TPSA) is 28.3 Å². The average Bonchev–Trinajstić information content (AvgIpc) is 3.28. The van der Waals surface area contributed by atoms with E-state index >= 15 is 0 Å². The van der Waals surface area contributed by atoms with Crippen LogP contribution in [0.15, 0.2) is 78.9 Å². The molecule has 0 radical (unpaired) electrons. The third-order valence-electron chi connectivity index (χ3n) is 9.88. The van der Waals surface area contributed by atoms with Crippen molar-refractivity contribution in [2.75, 3.05) is 4.90 Å². The van der Waals surface area contributed by atoms with E-state index in [4.69, 9.17) is 4.74 Å². The van der Waals surface area contributed by atoms with Gasteiger partial charge in [0.05, 0.1) is 22.3 Å². The summed E-state index contributed by atoms with van der Waals surface area (Å²) >= 11 is 0. The summed E-state index contributed by atoms with van der Waals surface area (Å²) in [6.07, 6.45) is 0. The van der Waals surface area contributed by atoms with Crippen LogP contribution >= 0.6 is 0 Å². The van der Waals surface area contributed by atoms with E-state index < -0.39 is 0 Å². The van der Waals surface area contributed by atoms with Gasteiger partial charge in [-0.25, -0.2) is 0 Å². The number of para-hydroxylation sites is 3. The number of benzene rings is 4. The second kappa shape index (κ2) is 6.73. The summed E-state index contributed by atoms with van der Waals surface area (Å²) in [4.78, 5) is 6.05. The fraction of sp³-hybridized carbons (Fsp3) is 0.273. The molecule has 0 fully saturated rings. The molecule has 3 heteroatoms. The zero-order valence-electron chi connectivity index (χ0n) is 21.9. The first-order chi connectivity index (χ1) is 17.1. The van der Waals surface area contributed by atoms with Crippen LogP contribution in [-0.2, 0) is 10.8 Å². The Kier molecular flexibility index (Phi) is 4.03. The third kappa shape index (κ3) is 2.48. The van der Waals surface area contributed by atoms with Crippen LogP contribution in [0.4, 0.5) is 17.1 Å². The zero-order chi connectivity index (χ0) is 25.0. The summed E-state index contributed by atoms with van der Waals surface area (Å²) < 4.78 is 6.70. The van der Waals surface area contributed by atoms with Gasteiger partial charge in [-0.15, -0.1) is 0 Å². The molecule has 1 aliphatic carbocycles. The molecule has 1 aromatic heterocycles. The highest BCUT2D eigenvalue weighted by Crippen LogP contribution is 2.62. The van der Waals surface area contributed by atoms with Crippen molar-refractivity contribution >= 4 is 38.9 Å². The van der Waals surface area contributed by atoms with Crippen molar-refractivity contribution < 1.29 is 4.74 Å². The Morgan fingerprint density at radius 2 is 1.33 bits per heavy atom. The molecule has 2 heterocycles. The molecule has 7 rings (SSSR count). The van der Waals surface area contributed by atoms with Crippen molar-refractivity contribution in [2.45, 2.75) is 52.4 Å². The number of ether oxygens (including phenoxy) is 1. The van der Waals surface area contributed by atoms with Crippen LogP contribution in [0.5, 0.6) is 11.5 Å². The lowest BCUT2D eigenvalue weighted by Crippen LogP contribution is -2.42. The lowest BCUT2D eigenvalue weighted by atomic mass is 9.59. The van der Waals surface area contributed by atoms with Gasteiger partial charge in [0.1, 0.15) is 0 Å². The molecule has 180 valence electrons. The molecule has 0 saturated heterocycles. The van der Waals surface area contributed by atoms with E-state index in [1.54, 1.807) is 0 Å². The predicted molar refractivity (Wildman–Crippen MR) is 150 cm³/mol. The Bertz CT molecular complexity index is 1690. The first-order valence-electron chi connectivity index (χ1n) is 12.9. The van der Waals surface area contributed by atoms with E-state index in [0.717, 1.165) is 39.5 Å². The lowest BCUT2D eigenvalue weighted by molar-refractivity contribution is 0.125. The Hall–Kier alpha value is -3.72. The minimum Gasteiger partial charge on any atom is -0.452 e. The molecule has 4 aromatic carbocycles. The summed E-state index contributed by atoms with van der Waals surface area (Å²) in [5.41, 5.74) is 8.65. The van der Waals surface area contributed by atoms with Gasteiger partial charge in [-0.05, 0) is 75.9 Å². The fourth-order valence-corrected chi connectivity index (χ4v) is 6.59. The maximum atomic E-state index is 6.70. The summed E-state index contributed by atoms with van der Waals surface area (Å²) in [6, 6.07) is 28.1. The van der Waals surface area contributed by atoms with E-state index in [0.29, 0.717) is 0 Å². The Morgan fingerprint density at radius 1 is 0.667 bits per heavy atom. The molecule has 0 spiro atoms. The molecule has 0 unspecified atom stereocenters. The first-order valence-corrected chi connectivity index (χ1v) is 12.9. The van der Waals surface area contributed by atoms with Gasteiger partial charge in [0, 0.05) is 16.6 Å². The van der Waals surface area contributed by atoms with Gasteiger partial charge in [0.15, 0.2) is 11.5 Å². The smallest absolute Gasteiger partial charge is 0.161 e. The van der Waals surface area contributed by atoms with Gasteiger partial charge in [0.2, 0.25) is 0 Å². The monoisotopic (exact) mass is 472 g/mol. The van der Waals surface area contributed by atoms with E-state index in [-0.39, 0.29) is 16.2 Å². The quantitative estimate of drug-likeness (QED) is 0.258. The Morgan fingerprint density at radius 3 is 2.08 bits per heavy atom. The molecule has 2 aliphatic rings. The number of aromatic nitrogens is 1.